The van der Waals surface area contributed by atoms with Crippen LogP contribution in [0.2, 0.25) is 0 Å². The Bertz CT molecular complexity index is 682. The van der Waals surface area contributed by atoms with Crippen LogP contribution >= 0.6 is 11.8 Å². The molecule has 4 rings (SSSR count). The molecule has 0 bridgehead atoms. The summed E-state index contributed by atoms with van der Waals surface area (Å²) in [6.07, 6.45) is 6.51. The highest BCUT2D eigenvalue weighted by Gasteiger charge is 2.22. The minimum absolute atomic E-state index is 0.164. The third-order valence-corrected chi connectivity index (χ3v) is 5.43. The summed E-state index contributed by atoms with van der Waals surface area (Å²) in [5.41, 5.74) is 2.92. The topological polar surface area (TPSA) is 46.9 Å². The summed E-state index contributed by atoms with van der Waals surface area (Å²) in [4.78, 5) is 16.9. The summed E-state index contributed by atoms with van der Waals surface area (Å²) in [7, 11) is 0. The van der Waals surface area contributed by atoms with Gasteiger partial charge in [-0.05, 0) is 25.0 Å². The molecule has 1 N–H and O–H groups in total. The monoisotopic (exact) mass is 313 g/mol. The van der Waals surface area contributed by atoms with Crippen molar-refractivity contribution in [3.63, 3.8) is 0 Å². The highest BCUT2D eigenvalue weighted by Crippen LogP contribution is 2.30. The van der Waals surface area contributed by atoms with Gasteiger partial charge in [-0.25, -0.2) is 4.98 Å². The zero-order valence-electron chi connectivity index (χ0n) is 12.4. The van der Waals surface area contributed by atoms with Crippen molar-refractivity contribution in [3.8, 4) is 11.3 Å². The van der Waals surface area contributed by atoms with Crippen LogP contribution in [0.4, 0.5) is 5.69 Å². The number of amides is 1. The van der Waals surface area contributed by atoms with Crippen molar-refractivity contribution in [2.45, 2.75) is 37.4 Å². The standard InChI is InChI=1S/C17H19N3OS/c21-16(12-4-1-2-5-12)18-14-7-3-6-13(10-14)15-11-20-8-9-22-17(20)19-15/h3,6-7,10-12H,1-2,4-5,8-9H2,(H,18,21). The molecule has 5 heteroatoms. The first kappa shape index (κ1) is 13.9. The lowest BCUT2D eigenvalue weighted by molar-refractivity contribution is -0.119. The van der Waals surface area contributed by atoms with E-state index in [1.165, 1.54) is 12.8 Å². The minimum Gasteiger partial charge on any atom is -0.326 e. The summed E-state index contributed by atoms with van der Waals surface area (Å²) < 4.78 is 2.20. The normalized spacial score (nSPS) is 17.6. The van der Waals surface area contributed by atoms with Gasteiger partial charge in [-0.15, -0.1) is 0 Å². The molecule has 0 unspecified atom stereocenters. The SMILES string of the molecule is O=C(Nc1cccc(-c2cn3c(n2)SCC3)c1)C1CCCC1. The third kappa shape index (κ3) is 2.65. The molecule has 1 fully saturated rings. The van der Waals surface area contributed by atoms with Crippen LogP contribution in [-0.4, -0.2) is 21.2 Å². The number of hydrogen-bond acceptors (Lipinski definition) is 3. The molecule has 0 spiro atoms. The van der Waals surface area contributed by atoms with Gasteiger partial charge in [0.25, 0.3) is 0 Å². The van der Waals surface area contributed by atoms with Crippen molar-refractivity contribution < 1.29 is 4.79 Å². The third-order valence-electron chi connectivity index (χ3n) is 4.46. The van der Waals surface area contributed by atoms with Gasteiger partial charge in [0.05, 0.1) is 5.69 Å². The van der Waals surface area contributed by atoms with Crippen molar-refractivity contribution in [1.82, 2.24) is 9.55 Å². The summed E-state index contributed by atoms with van der Waals surface area (Å²) in [5.74, 6) is 1.47. The summed E-state index contributed by atoms with van der Waals surface area (Å²) >= 11 is 1.80. The fraction of sp³-hybridized carbons (Fsp3) is 0.412. The molecule has 114 valence electrons. The van der Waals surface area contributed by atoms with Crippen LogP contribution in [0, 0.1) is 5.92 Å². The maximum absolute atomic E-state index is 12.2. The number of aryl methyl sites for hydroxylation is 1. The molecule has 1 aromatic carbocycles. The maximum Gasteiger partial charge on any atom is 0.227 e. The smallest absolute Gasteiger partial charge is 0.227 e. The lowest BCUT2D eigenvalue weighted by Crippen LogP contribution is -2.20. The van der Waals surface area contributed by atoms with Crippen molar-refractivity contribution in [3.05, 3.63) is 30.5 Å². The molecule has 0 atom stereocenters. The van der Waals surface area contributed by atoms with E-state index in [1.54, 1.807) is 11.8 Å². The predicted molar refractivity (Wildman–Crippen MR) is 89.0 cm³/mol. The Morgan fingerprint density at radius 2 is 2.18 bits per heavy atom. The maximum atomic E-state index is 12.2. The molecular weight excluding hydrogens is 294 g/mol. The highest BCUT2D eigenvalue weighted by molar-refractivity contribution is 7.99. The Morgan fingerprint density at radius 3 is 3.00 bits per heavy atom. The molecule has 2 aromatic rings. The number of anilines is 1. The molecule has 4 nitrogen and oxygen atoms in total. The number of rotatable bonds is 3. The van der Waals surface area contributed by atoms with Crippen LogP contribution in [0.1, 0.15) is 25.7 Å². The van der Waals surface area contributed by atoms with Gasteiger partial charge in [0, 0.05) is 35.7 Å². The second-order valence-corrected chi connectivity index (χ2v) is 7.06. The Morgan fingerprint density at radius 1 is 1.32 bits per heavy atom. The van der Waals surface area contributed by atoms with Gasteiger partial charge in [-0.1, -0.05) is 36.7 Å². The molecule has 0 radical (unpaired) electrons. The number of imidazole rings is 1. The molecule has 1 amide bonds. The van der Waals surface area contributed by atoms with Crippen LogP contribution in [-0.2, 0) is 11.3 Å². The molecule has 22 heavy (non-hydrogen) atoms. The Kier molecular flexibility index (Phi) is 3.66. The molecule has 2 heterocycles. The average molecular weight is 313 g/mol. The molecule has 2 aliphatic rings. The number of aromatic nitrogens is 2. The van der Waals surface area contributed by atoms with E-state index >= 15 is 0 Å². The first-order valence-corrected chi connectivity index (χ1v) is 8.89. The van der Waals surface area contributed by atoms with E-state index in [0.717, 1.165) is 47.2 Å². The second kappa shape index (κ2) is 5.80. The number of carbonyl (C=O) groups is 1. The predicted octanol–water partition coefficient (Wildman–Crippen LogP) is 3.78. The fourth-order valence-electron chi connectivity index (χ4n) is 3.24. The molecule has 1 aromatic heterocycles. The lowest BCUT2D eigenvalue weighted by atomic mass is 10.1. The first-order valence-electron chi connectivity index (χ1n) is 7.91. The van der Waals surface area contributed by atoms with E-state index in [-0.39, 0.29) is 11.8 Å². The highest BCUT2D eigenvalue weighted by atomic mass is 32.2. The van der Waals surface area contributed by atoms with Crippen molar-refractivity contribution >= 4 is 23.4 Å². The van der Waals surface area contributed by atoms with Crippen molar-refractivity contribution in [2.24, 2.45) is 5.92 Å². The zero-order valence-corrected chi connectivity index (χ0v) is 13.2. The number of nitrogens with one attached hydrogen (secondary N) is 1. The fourth-order valence-corrected chi connectivity index (χ4v) is 4.18. The molecule has 1 aliphatic carbocycles. The average Bonchev–Trinajstić information content (AvgIpc) is 3.24. The van der Waals surface area contributed by atoms with E-state index in [2.05, 4.69) is 21.1 Å². The van der Waals surface area contributed by atoms with E-state index in [4.69, 9.17) is 0 Å². The van der Waals surface area contributed by atoms with E-state index in [9.17, 15) is 4.79 Å². The van der Waals surface area contributed by atoms with Gasteiger partial charge in [-0.3, -0.25) is 4.79 Å². The van der Waals surface area contributed by atoms with E-state index in [1.807, 2.05) is 24.3 Å². The van der Waals surface area contributed by atoms with E-state index < -0.39 is 0 Å². The van der Waals surface area contributed by atoms with Gasteiger partial charge in [0.1, 0.15) is 0 Å². The molecular formula is C17H19N3OS. The van der Waals surface area contributed by atoms with Crippen LogP contribution in [0.15, 0.2) is 35.6 Å². The zero-order chi connectivity index (χ0) is 14.9. The first-order chi connectivity index (χ1) is 10.8. The van der Waals surface area contributed by atoms with Crippen LogP contribution < -0.4 is 5.32 Å². The summed E-state index contributed by atoms with van der Waals surface area (Å²) in [6.45, 7) is 1.03. The van der Waals surface area contributed by atoms with Crippen molar-refractivity contribution in [1.29, 1.82) is 0 Å². The Balaban J connectivity index is 1.53. The summed E-state index contributed by atoms with van der Waals surface area (Å²) in [6, 6.07) is 8.01. The second-order valence-electron chi connectivity index (χ2n) is 6.00. The number of carbonyl (C=O) groups excluding carboxylic acids is 1. The van der Waals surface area contributed by atoms with Gasteiger partial charge in [-0.2, -0.15) is 0 Å². The number of nitrogens with zero attached hydrogens (tertiary/aromatic N) is 2. The quantitative estimate of drug-likeness (QED) is 0.938. The minimum atomic E-state index is 0.164. The van der Waals surface area contributed by atoms with Crippen LogP contribution in [0.3, 0.4) is 0 Å². The van der Waals surface area contributed by atoms with Gasteiger partial charge in [0.15, 0.2) is 5.16 Å². The molecule has 1 saturated carbocycles. The largest absolute Gasteiger partial charge is 0.326 e. The van der Waals surface area contributed by atoms with Crippen molar-refractivity contribution in [2.75, 3.05) is 11.1 Å². The van der Waals surface area contributed by atoms with E-state index in [0.29, 0.717) is 0 Å². The number of fused-ring (bicyclic) bond motifs is 1. The number of thioether (sulfide) groups is 1. The van der Waals surface area contributed by atoms with Gasteiger partial charge < -0.3 is 9.88 Å². The lowest BCUT2D eigenvalue weighted by Gasteiger charge is -2.11. The van der Waals surface area contributed by atoms with Gasteiger partial charge in [0.2, 0.25) is 5.91 Å². The number of hydrogen-bond donors (Lipinski definition) is 1. The Labute approximate surface area is 134 Å². The Hall–Kier alpha value is -1.75. The number of benzene rings is 1. The summed E-state index contributed by atoms with van der Waals surface area (Å²) in [5, 5.41) is 4.16. The molecule has 1 aliphatic heterocycles. The van der Waals surface area contributed by atoms with Crippen LogP contribution in [0.25, 0.3) is 11.3 Å². The molecule has 0 saturated heterocycles. The van der Waals surface area contributed by atoms with Crippen LogP contribution in [0.5, 0.6) is 0 Å². The van der Waals surface area contributed by atoms with Gasteiger partial charge >= 0.3 is 0 Å².